The van der Waals surface area contributed by atoms with Crippen molar-refractivity contribution in [3.8, 4) is 0 Å². The Hall–Kier alpha value is -3.19. The lowest BCUT2D eigenvalue weighted by Crippen LogP contribution is -2.34. The van der Waals surface area contributed by atoms with E-state index >= 15 is 0 Å². The lowest BCUT2D eigenvalue weighted by molar-refractivity contribution is -0.116. The average Bonchev–Trinajstić information content (AvgIpc) is 2.69. The summed E-state index contributed by atoms with van der Waals surface area (Å²) in [6.45, 7) is 1.82. The maximum absolute atomic E-state index is 13.3. The van der Waals surface area contributed by atoms with Gasteiger partial charge < -0.3 is 5.32 Å². The Bertz CT molecular complexity index is 1080. The van der Waals surface area contributed by atoms with Crippen LogP contribution in [0.15, 0.2) is 83.8 Å². The smallest absolute Gasteiger partial charge is 0.264 e. The molecule has 5 nitrogen and oxygen atoms in total. The van der Waals surface area contributed by atoms with Crippen LogP contribution in [0.1, 0.15) is 12.0 Å². The van der Waals surface area contributed by atoms with Gasteiger partial charge in [0.15, 0.2) is 0 Å². The van der Waals surface area contributed by atoms with Gasteiger partial charge in [-0.25, -0.2) is 12.8 Å². The van der Waals surface area contributed by atoms with Gasteiger partial charge in [0, 0.05) is 18.7 Å². The van der Waals surface area contributed by atoms with Gasteiger partial charge >= 0.3 is 0 Å². The Balaban J connectivity index is 1.81. The molecule has 3 rings (SSSR count). The third-order valence-electron chi connectivity index (χ3n) is 4.30. The molecule has 7 heteroatoms. The Morgan fingerprint density at radius 3 is 2.31 bits per heavy atom. The fourth-order valence-electron chi connectivity index (χ4n) is 2.81. The number of halogens is 1. The number of benzene rings is 3. The van der Waals surface area contributed by atoms with E-state index in [0.717, 1.165) is 5.56 Å². The molecule has 0 aliphatic heterocycles. The number of hydrogen-bond donors (Lipinski definition) is 1. The van der Waals surface area contributed by atoms with E-state index in [9.17, 15) is 17.6 Å². The molecule has 0 aliphatic rings. The average molecular weight is 412 g/mol. The van der Waals surface area contributed by atoms with Crippen molar-refractivity contribution in [2.24, 2.45) is 0 Å². The van der Waals surface area contributed by atoms with Crippen LogP contribution in [0.5, 0.6) is 0 Å². The molecule has 3 aromatic carbocycles. The summed E-state index contributed by atoms with van der Waals surface area (Å²) in [5.41, 5.74) is 1.74. The topological polar surface area (TPSA) is 66.5 Å². The SMILES string of the molecule is Cc1ccc(S(=O)(=O)N(CCC(=O)Nc2cccc(F)c2)c2ccccc2)cc1. The zero-order valence-corrected chi connectivity index (χ0v) is 16.7. The summed E-state index contributed by atoms with van der Waals surface area (Å²) in [5.74, 6) is -0.869. The summed E-state index contributed by atoms with van der Waals surface area (Å²) >= 11 is 0. The second-order valence-corrected chi connectivity index (χ2v) is 8.40. The minimum Gasteiger partial charge on any atom is -0.326 e. The molecule has 0 atom stereocenters. The summed E-state index contributed by atoms with van der Waals surface area (Å²) in [7, 11) is -3.85. The largest absolute Gasteiger partial charge is 0.326 e. The number of nitrogens with zero attached hydrogens (tertiary/aromatic N) is 1. The van der Waals surface area contributed by atoms with Crippen molar-refractivity contribution in [3.63, 3.8) is 0 Å². The fourth-order valence-corrected chi connectivity index (χ4v) is 4.28. The van der Waals surface area contributed by atoms with E-state index < -0.39 is 21.7 Å². The molecular formula is C22H21FN2O3S. The minimum atomic E-state index is -3.85. The number of para-hydroxylation sites is 1. The molecule has 0 heterocycles. The molecule has 0 bridgehead atoms. The lowest BCUT2D eigenvalue weighted by atomic mass is 10.2. The van der Waals surface area contributed by atoms with Crippen molar-refractivity contribution < 1.29 is 17.6 Å². The third-order valence-corrected chi connectivity index (χ3v) is 6.15. The van der Waals surface area contributed by atoms with Crippen LogP contribution >= 0.6 is 0 Å². The van der Waals surface area contributed by atoms with Crippen LogP contribution in [-0.4, -0.2) is 20.9 Å². The number of nitrogens with one attached hydrogen (secondary N) is 1. The first kappa shape index (κ1) is 20.5. The third kappa shape index (κ3) is 5.20. The van der Waals surface area contributed by atoms with Gasteiger partial charge in [0.1, 0.15) is 5.82 Å². The number of carbonyl (C=O) groups excluding carboxylic acids is 1. The predicted octanol–water partition coefficient (Wildman–Crippen LogP) is 4.36. The van der Waals surface area contributed by atoms with Crippen LogP contribution in [0.3, 0.4) is 0 Å². The van der Waals surface area contributed by atoms with Crippen LogP contribution in [0.25, 0.3) is 0 Å². The molecule has 0 radical (unpaired) electrons. The Labute approximate surface area is 169 Å². The molecule has 0 saturated carbocycles. The first-order valence-corrected chi connectivity index (χ1v) is 10.5. The van der Waals surface area contributed by atoms with Gasteiger partial charge in [-0.2, -0.15) is 0 Å². The first-order chi connectivity index (χ1) is 13.9. The van der Waals surface area contributed by atoms with Crippen molar-refractivity contribution >= 4 is 27.3 Å². The maximum Gasteiger partial charge on any atom is 0.264 e. The molecule has 3 aromatic rings. The molecule has 29 heavy (non-hydrogen) atoms. The summed E-state index contributed by atoms with van der Waals surface area (Å²) in [6, 6.07) is 20.7. The van der Waals surface area contributed by atoms with Crippen LogP contribution < -0.4 is 9.62 Å². The van der Waals surface area contributed by atoms with E-state index in [2.05, 4.69) is 5.32 Å². The summed E-state index contributed by atoms with van der Waals surface area (Å²) in [5, 5.41) is 2.59. The highest BCUT2D eigenvalue weighted by Gasteiger charge is 2.25. The monoisotopic (exact) mass is 412 g/mol. The molecule has 0 aliphatic carbocycles. The van der Waals surface area contributed by atoms with Crippen molar-refractivity contribution in [2.45, 2.75) is 18.2 Å². The lowest BCUT2D eigenvalue weighted by Gasteiger charge is -2.24. The fraction of sp³-hybridized carbons (Fsp3) is 0.136. The van der Waals surface area contributed by atoms with Gasteiger partial charge in [-0.05, 0) is 49.4 Å². The van der Waals surface area contributed by atoms with E-state index in [4.69, 9.17) is 0 Å². The zero-order chi connectivity index (χ0) is 20.9. The van der Waals surface area contributed by atoms with E-state index in [0.29, 0.717) is 11.4 Å². The van der Waals surface area contributed by atoms with Gasteiger partial charge in [0.25, 0.3) is 10.0 Å². The normalized spacial score (nSPS) is 11.1. The highest BCUT2D eigenvalue weighted by atomic mass is 32.2. The van der Waals surface area contributed by atoms with E-state index in [1.807, 2.05) is 6.92 Å². The predicted molar refractivity (Wildman–Crippen MR) is 112 cm³/mol. The van der Waals surface area contributed by atoms with Gasteiger partial charge in [-0.15, -0.1) is 0 Å². The van der Waals surface area contributed by atoms with Gasteiger partial charge in [0.05, 0.1) is 10.6 Å². The van der Waals surface area contributed by atoms with Crippen molar-refractivity contribution in [3.05, 3.63) is 90.2 Å². The van der Waals surface area contributed by atoms with Crippen LogP contribution in [0.4, 0.5) is 15.8 Å². The first-order valence-electron chi connectivity index (χ1n) is 9.06. The molecule has 1 N–H and O–H groups in total. The number of rotatable bonds is 7. The molecule has 150 valence electrons. The van der Waals surface area contributed by atoms with E-state index in [1.54, 1.807) is 60.7 Å². The summed E-state index contributed by atoms with van der Waals surface area (Å²) in [4.78, 5) is 12.5. The number of carbonyl (C=O) groups is 1. The van der Waals surface area contributed by atoms with Crippen molar-refractivity contribution in [1.29, 1.82) is 0 Å². The number of sulfonamides is 1. The second-order valence-electron chi connectivity index (χ2n) is 6.53. The van der Waals surface area contributed by atoms with Crippen molar-refractivity contribution in [2.75, 3.05) is 16.2 Å². The van der Waals surface area contributed by atoms with Crippen LogP contribution in [0.2, 0.25) is 0 Å². The van der Waals surface area contributed by atoms with Gasteiger partial charge in [-0.3, -0.25) is 9.10 Å². The minimum absolute atomic E-state index is 0.0542. The molecule has 1 amide bonds. The number of amides is 1. The number of anilines is 2. The highest BCUT2D eigenvalue weighted by Crippen LogP contribution is 2.24. The van der Waals surface area contributed by atoms with Crippen LogP contribution in [-0.2, 0) is 14.8 Å². The standard InChI is InChI=1S/C22H21FN2O3S/c1-17-10-12-21(13-11-17)29(27,28)25(20-8-3-2-4-9-20)15-14-22(26)24-19-7-5-6-18(23)16-19/h2-13,16H,14-15H2,1H3,(H,24,26). The number of hydrogen-bond acceptors (Lipinski definition) is 3. The number of aryl methyl sites for hydroxylation is 1. The Morgan fingerprint density at radius 2 is 1.66 bits per heavy atom. The Kier molecular flexibility index (Phi) is 6.29. The molecular weight excluding hydrogens is 391 g/mol. The van der Waals surface area contributed by atoms with Crippen LogP contribution in [0, 0.1) is 12.7 Å². The van der Waals surface area contributed by atoms with E-state index in [-0.39, 0.29) is 17.9 Å². The molecule has 0 spiro atoms. The summed E-state index contributed by atoms with van der Waals surface area (Å²) < 4.78 is 40.9. The van der Waals surface area contributed by atoms with Gasteiger partial charge in [0.2, 0.25) is 5.91 Å². The molecule has 0 unspecified atom stereocenters. The van der Waals surface area contributed by atoms with E-state index in [1.165, 1.54) is 22.5 Å². The highest BCUT2D eigenvalue weighted by molar-refractivity contribution is 7.92. The molecule has 0 saturated heterocycles. The zero-order valence-electron chi connectivity index (χ0n) is 15.9. The second kappa shape index (κ2) is 8.87. The molecule has 0 fully saturated rings. The van der Waals surface area contributed by atoms with Gasteiger partial charge in [-0.1, -0.05) is 42.0 Å². The molecule has 0 aromatic heterocycles. The van der Waals surface area contributed by atoms with Crippen molar-refractivity contribution in [1.82, 2.24) is 0 Å². The maximum atomic E-state index is 13.3. The Morgan fingerprint density at radius 1 is 0.966 bits per heavy atom. The quantitative estimate of drug-likeness (QED) is 0.627. The summed E-state index contributed by atoms with van der Waals surface area (Å²) in [6.07, 6.45) is -0.0868.